The Kier molecular flexibility index (Phi) is 4.03. The van der Waals surface area contributed by atoms with E-state index in [4.69, 9.17) is 5.11 Å². The highest BCUT2D eigenvalue weighted by molar-refractivity contribution is 7.09. The molecule has 2 aromatic rings. The van der Waals surface area contributed by atoms with Crippen molar-refractivity contribution in [2.75, 3.05) is 0 Å². The van der Waals surface area contributed by atoms with Gasteiger partial charge < -0.3 is 15.4 Å². The van der Waals surface area contributed by atoms with Gasteiger partial charge in [0.05, 0.1) is 24.5 Å². The fraction of sp³-hybridized carbons (Fsp3) is 0.500. The largest absolute Gasteiger partial charge is 0.390 e. The Labute approximate surface area is 126 Å². The fourth-order valence-electron chi connectivity index (χ4n) is 2.66. The maximum atomic E-state index is 12.2. The molecular weight excluding hydrogens is 288 g/mol. The van der Waals surface area contributed by atoms with E-state index in [2.05, 4.69) is 20.3 Å². The lowest BCUT2D eigenvalue weighted by molar-refractivity contribution is -0.125. The van der Waals surface area contributed by atoms with Crippen molar-refractivity contribution < 1.29 is 9.90 Å². The number of aromatic amines is 1. The van der Waals surface area contributed by atoms with Crippen LogP contribution in [0.5, 0.6) is 0 Å². The lowest BCUT2D eigenvalue weighted by Gasteiger charge is -2.20. The number of aryl methyl sites for hydroxylation is 2. The molecule has 1 amide bonds. The number of imidazole rings is 1. The molecule has 3 rings (SSSR count). The summed E-state index contributed by atoms with van der Waals surface area (Å²) in [6.07, 6.45) is 2.41. The number of hydrogen-bond acceptors (Lipinski definition) is 5. The van der Waals surface area contributed by atoms with Crippen LogP contribution in [0.2, 0.25) is 0 Å². The second kappa shape index (κ2) is 5.95. The number of fused-ring (bicyclic) bond motifs is 1. The smallest absolute Gasteiger partial charge is 0.223 e. The molecule has 1 aliphatic rings. The number of hydrogen-bond donors (Lipinski definition) is 3. The normalized spacial score (nSPS) is 17.5. The number of nitrogens with one attached hydrogen (secondary N) is 2. The third-order valence-electron chi connectivity index (χ3n) is 3.71. The lowest BCUT2D eigenvalue weighted by atomic mass is 9.89. The van der Waals surface area contributed by atoms with Gasteiger partial charge in [0.1, 0.15) is 10.8 Å². The molecule has 1 unspecified atom stereocenters. The van der Waals surface area contributed by atoms with Crippen LogP contribution >= 0.6 is 11.3 Å². The van der Waals surface area contributed by atoms with E-state index in [9.17, 15) is 4.79 Å². The van der Waals surface area contributed by atoms with Gasteiger partial charge in [-0.2, -0.15) is 0 Å². The molecule has 0 bridgehead atoms. The van der Waals surface area contributed by atoms with Gasteiger partial charge in [0.2, 0.25) is 5.91 Å². The van der Waals surface area contributed by atoms with Gasteiger partial charge in [-0.3, -0.25) is 4.79 Å². The summed E-state index contributed by atoms with van der Waals surface area (Å²) in [6.45, 7) is 2.30. The monoisotopic (exact) mass is 306 g/mol. The van der Waals surface area contributed by atoms with Crippen LogP contribution in [0, 0.1) is 12.8 Å². The van der Waals surface area contributed by atoms with Crippen LogP contribution in [-0.2, 0) is 30.8 Å². The Morgan fingerprint density at radius 2 is 2.43 bits per heavy atom. The number of carbonyl (C=O) groups is 1. The van der Waals surface area contributed by atoms with E-state index in [0.29, 0.717) is 12.2 Å². The number of aliphatic hydroxyl groups excluding tert-OH is 1. The number of thiazole rings is 1. The van der Waals surface area contributed by atoms with Crippen molar-refractivity contribution in [3.05, 3.63) is 33.3 Å². The van der Waals surface area contributed by atoms with Gasteiger partial charge in [0.25, 0.3) is 0 Å². The quantitative estimate of drug-likeness (QED) is 0.788. The van der Waals surface area contributed by atoms with Crippen molar-refractivity contribution in [3.8, 4) is 0 Å². The highest BCUT2D eigenvalue weighted by Gasteiger charge is 2.26. The zero-order chi connectivity index (χ0) is 14.8. The maximum absolute atomic E-state index is 12.2. The minimum absolute atomic E-state index is 0.00498. The molecule has 1 aliphatic carbocycles. The zero-order valence-corrected chi connectivity index (χ0v) is 12.7. The Balaban J connectivity index is 1.56. The number of carbonyl (C=O) groups excluding carboxylic acids is 1. The van der Waals surface area contributed by atoms with Gasteiger partial charge in [0.15, 0.2) is 0 Å². The van der Waals surface area contributed by atoms with E-state index in [1.807, 2.05) is 12.3 Å². The highest BCUT2D eigenvalue weighted by atomic mass is 32.1. The molecule has 0 radical (unpaired) electrons. The van der Waals surface area contributed by atoms with Gasteiger partial charge in [-0.25, -0.2) is 9.97 Å². The van der Waals surface area contributed by atoms with Crippen LogP contribution in [0.3, 0.4) is 0 Å². The number of aliphatic hydroxyl groups is 1. The van der Waals surface area contributed by atoms with Crippen molar-refractivity contribution in [2.45, 2.75) is 39.3 Å². The Morgan fingerprint density at radius 3 is 3.19 bits per heavy atom. The van der Waals surface area contributed by atoms with Crippen molar-refractivity contribution in [1.82, 2.24) is 20.3 Å². The molecule has 7 heteroatoms. The summed E-state index contributed by atoms with van der Waals surface area (Å²) in [5, 5.41) is 14.5. The highest BCUT2D eigenvalue weighted by Crippen LogP contribution is 2.24. The van der Waals surface area contributed by atoms with Crippen molar-refractivity contribution in [2.24, 2.45) is 5.92 Å². The minimum atomic E-state index is -0.0605. The first-order chi connectivity index (χ1) is 10.2. The number of amides is 1. The first-order valence-electron chi connectivity index (χ1n) is 7.02. The molecule has 21 heavy (non-hydrogen) atoms. The molecule has 0 saturated carbocycles. The fourth-order valence-corrected chi connectivity index (χ4v) is 3.38. The SMILES string of the molecule is Cc1nc2c([nH]1)CC(C(=O)NCc1nc(CO)cs1)CC2. The molecule has 2 heterocycles. The van der Waals surface area contributed by atoms with E-state index >= 15 is 0 Å². The second-order valence-electron chi connectivity index (χ2n) is 5.30. The number of nitrogens with zero attached hydrogens (tertiary/aromatic N) is 2. The number of H-pyrrole nitrogens is 1. The topological polar surface area (TPSA) is 90.9 Å². The summed E-state index contributed by atoms with van der Waals surface area (Å²) in [5.74, 6) is 0.976. The summed E-state index contributed by atoms with van der Waals surface area (Å²) in [5.41, 5.74) is 2.85. The standard InChI is InChI=1S/C14H18N4O2S/c1-8-16-11-3-2-9(4-12(11)17-8)14(20)15-5-13-18-10(6-19)7-21-13/h7,9,19H,2-6H2,1H3,(H,15,20)(H,16,17). The van der Waals surface area contributed by atoms with Crippen LogP contribution in [0.25, 0.3) is 0 Å². The predicted molar refractivity (Wildman–Crippen MR) is 78.7 cm³/mol. The molecule has 0 aliphatic heterocycles. The molecule has 0 saturated heterocycles. The summed E-state index contributed by atoms with van der Waals surface area (Å²) in [4.78, 5) is 24.1. The molecule has 0 fully saturated rings. The summed E-state index contributed by atoms with van der Waals surface area (Å²) in [6, 6.07) is 0. The van der Waals surface area contributed by atoms with E-state index in [0.717, 1.165) is 41.5 Å². The van der Waals surface area contributed by atoms with E-state index < -0.39 is 0 Å². The van der Waals surface area contributed by atoms with Gasteiger partial charge in [-0.15, -0.1) is 11.3 Å². The van der Waals surface area contributed by atoms with E-state index in [1.165, 1.54) is 11.3 Å². The molecule has 112 valence electrons. The van der Waals surface area contributed by atoms with E-state index in [1.54, 1.807) is 0 Å². The van der Waals surface area contributed by atoms with Crippen molar-refractivity contribution in [3.63, 3.8) is 0 Å². The molecule has 0 spiro atoms. The van der Waals surface area contributed by atoms with Crippen molar-refractivity contribution >= 4 is 17.2 Å². The average Bonchev–Trinajstić information content (AvgIpc) is 3.08. The second-order valence-corrected chi connectivity index (χ2v) is 6.24. The number of rotatable bonds is 4. The average molecular weight is 306 g/mol. The molecular formula is C14H18N4O2S. The van der Waals surface area contributed by atoms with Gasteiger partial charge in [-0.1, -0.05) is 0 Å². The lowest BCUT2D eigenvalue weighted by Crippen LogP contribution is -2.33. The van der Waals surface area contributed by atoms with Crippen LogP contribution in [0.1, 0.15) is 34.3 Å². The van der Waals surface area contributed by atoms with Crippen LogP contribution < -0.4 is 5.32 Å². The molecule has 2 aromatic heterocycles. The summed E-state index contributed by atoms with van der Waals surface area (Å²) in [7, 11) is 0. The Morgan fingerprint density at radius 1 is 1.57 bits per heavy atom. The number of aromatic nitrogens is 3. The van der Waals surface area contributed by atoms with Gasteiger partial charge in [-0.05, 0) is 19.8 Å². The molecule has 1 atom stereocenters. The summed E-state index contributed by atoms with van der Waals surface area (Å²) < 4.78 is 0. The molecule has 0 aromatic carbocycles. The first kappa shape index (κ1) is 14.2. The zero-order valence-electron chi connectivity index (χ0n) is 11.8. The van der Waals surface area contributed by atoms with E-state index in [-0.39, 0.29) is 18.4 Å². The maximum Gasteiger partial charge on any atom is 0.223 e. The molecule has 3 N–H and O–H groups in total. The van der Waals surface area contributed by atoms with Crippen molar-refractivity contribution in [1.29, 1.82) is 0 Å². The first-order valence-corrected chi connectivity index (χ1v) is 7.90. The van der Waals surface area contributed by atoms with Crippen LogP contribution in [0.4, 0.5) is 0 Å². The van der Waals surface area contributed by atoms with Gasteiger partial charge in [0, 0.05) is 23.4 Å². The minimum Gasteiger partial charge on any atom is -0.390 e. The van der Waals surface area contributed by atoms with Gasteiger partial charge >= 0.3 is 0 Å². The Bertz CT molecular complexity index is 649. The van der Waals surface area contributed by atoms with Crippen LogP contribution in [-0.4, -0.2) is 26.0 Å². The predicted octanol–water partition coefficient (Wildman–Crippen LogP) is 1.09. The summed E-state index contributed by atoms with van der Waals surface area (Å²) >= 11 is 1.45. The third kappa shape index (κ3) is 3.14. The third-order valence-corrected chi connectivity index (χ3v) is 4.61. The molecule has 6 nitrogen and oxygen atoms in total. The van der Waals surface area contributed by atoms with Crippen LogP contribution in [0.15, 0.2) is 5.38 Å². The Hall–Kier alpha value is -1.73.